The molecule has 1 aliphatic carbocycles. The number of benzene rings is 1. The predicted octanol–water partition coefficient (Wildman–Crippen LogP) is 2.62. The third kappa shape index (κ3) is 3.17. The molecule has 0 aromatic heterocycles. The molecule has 1 N–H and O–H groups in total. The Morgan fingerprint density at radius 1 is 1.40 bits per heavy atom. The zero-order valence-electron chi connectivity index (χ0n) is 12.3. The Morgan fingerprint density at radius 2 is 2.05 bits per heavy atom. The number of rotatable bonds is 5. The van der Waals surface area contributed by atoms with Gasteiger partial charge in [-0.25, -0.2) is 0 Å². The van der Waals surface area contributed by atoms with E-state index in [-0.39, 0.29) is 11.9 Å². The molecule has 20 heavy (non-hydrogen) atoms. The Hall–Kier alpha value is -1.86. The number of anilines is 1. The van der Waals surface area contributed by atoms with Crippen LogP contribution in [-0.4, -0.2) is 29.9 Å². The molecule has 1 aliphatic rings. The average Bonchev–Trinajstić information content (AvgIpc) is 3.30. The Balaban J connectivity index is 2.02. The lowest BCUT2D eigenvalue weighted by atomic mass is 10.1. The van der Waals surface area contributed by atoms with E-state index in [0.717, 1.165) is 5.92 Å². The first-order valence-electron chi connectivity index (χ1n) is 7.06. The van der Waals surface area contributed by atoms with Crippen LogP contribution in [0.3, 0.4) is 0 Å². The van der Waals surface area contributed by atoms with Crippen LogP contribution in [0.5, 0.6) is 0 Å². The van der Waals surface area contributed by atoms with Gasteiger partial charge < -0.3 is 5.32 Å². The monoisotopic (exact) mass is 271 g/mol. The van der Waals surface area contributed by atoms with Crippen molar-refractivity contribution >= 4 is 11.6 Å². The highest BCUT2D eigenvalue weighted by atomic mass is 16.2. The smallest absolute Gasteiger partial charge is 0.241 e. The van der Waals surface area contributed by atoms with Gasteiger partial charge in [0.15, 0.2) is 0 Å². The molecule has 0 bridgehead atoms. The van der Waals surface area contributed by atoms with Crippen molar-refractivity contribution in [3.63, 3.8) is 0 Å². The molecule has 0 aliphatic heterocycles. The second kappa shape index (κ2) is 6.06. The molecular formula is C16H21N3O. The van der Waals surface area contributed by atoms with Crippen molar-refractivity contribution in [2.24, 2.45) is 5.92 Å². The van der Waals surface area contributed by atoms with E-state index in [4.69, 9.17) is 5.26 Å². The van der Waals surface area contributed by atoms with Gasteiger partial charge in [0.2, 0.25) is 5.91 Å². The van der Waals surface area contributed by atoms with E-state index in [2.05, 4.69) is 23.2 Å². The van der Waals surface area contributed by atoms with Gasteiger partial charge in [0, 0.05) is 6.04 Å². The molecule has 1 amide bonds. The minimum atomic E-state index is -0.211. The van der Waals surface area contributed by atoms with Gasteiger partial charge in [-0.05, 0) is 51.8 Å². The van der Waals surface area contributed by atoms with Crippen molar-refractivity contribution in [2.45, 2.75) is 38.8 Å². The summed E-state index contributed by atoms with van der Waals surface area (Å²) in [6.07, 6.45) is 2.52. The summed E-state index contributed by atoms with van der Waals surface area (Å²) in [6.45, 7) is 4.08. The van der Waals surface area contributed by atoms with Crippen LogP contribution in [0.4, 0.5) is 5.69 Å². The number of para-hydroxylation sites is 1. The van der Waals surface area contributed by atoms with Crippen molar-refractivity contribution in [3.05, 3.63) is 29.8 Å². The van der Waals surface area contributed by atoms with Gasteiger partial charge in [0.25, 0.3) is 0 Å². The molecule has 1 fully saturated rings. The Labute approximate surface area is 120 Å². The van der Waals surface area contributed by atoms with E-state index in [0.29, 0.717) is 17.3 Å². The molecule has 0 heterocycles. The molecule has 4 heteroatoms. The van der Waals surface area contributed by atoms with Gasteiger partial charge in [-0.3, -0.25) is 9.69 Å². The van der Waals surface area contributed by atoms with E-state index in [9.17, 15) is 4.79 Å². The molecule has 2 rings (SSSR count). The number of nitrogens with zero attached hydrogens (tertiary/aromatic N) is 2. The van der Waals surface area contributed by atoms with Crippen LogP contribution >= 0.6 is 0 Å². The number of carbonyl (C=O) groups is 1. The summed E-state index contributed by atoms with van der Waals surface area (Å²) in [7, 11) is 1.99. The standard InChI is InChI=1S/C16H21N3O/c1-11(13-8-9-13)19(3)12(2)16(20)18-15-7-5-4-6-14(15)10-17/h4-7,11-13H,8-9H2,1-3H3,(H,18,20). The maximum atomic E-state index is 12.3. The minimum absolute atomic E-state index is 0.0669. The van der Waals surface area contributed by atoms with Crippen LogP contribution < -0.4 is 5.32 Å². The van der Waals surface area contributed by atoms with E-state index >= 15 is 0 Å². The maximum Gasteiger partial charge on any atom is 0.241 e. The lowest BCUT2D eigenvalue weighted by Gasteiger charge is -2.30. The van der Waals surface area contributed by atoms with Crippen LogP contribution in [0.15, 0.2) is 24.3 Å². The van der Waals surface area contributed by atoms with Crippen LogP contribution in [0, 0.1) is 17.2 Å². The topological polar surface area (TPSA) is 56.1 Å². The first-order chi connectivity index (χ1) is 9.54. The van der Waals surface area contributed by atoms with Crippen molar-refractivity contribution < 1.29 is 4.79 Å². The minimum Gasteiger partial charge on any atom is -0.324 e. The van der Waals surface area contributed by atoms with Gasteiger partial charge in [-0.1, -0.05) is 12.1 Å². The molecule has 1 aromatic rings. The summed E-state index contributed by atoms with van der Waals surface area (Å²) in [5.41, 5.74) is 1.07. The quantitative estimate of drug-likeness (QED) is 0.895. The van der Waals surface area contributed by atoms with Crippen LogP contribution in [0.2, 0.25) is 0 Å². The molecule has 1 saturated carbocycles. The molecule has 2 atom stereocenters. The third-order valence-corrected chi connectivity index (χ3v) is 4.24. The van der Waals surface area contributed by atoms with Crippen molar-refractivity contribution in [2.75, 3.05) is 12.4 Å². The highest BCUT2D eigenvalue weighted by Crippen LogP contribution is 2.35. The zero-order chi connectivity index (χ0) is 14.7. The molecule has 0 spiro atoms. The first-order valence-corrected chi connectivity index (χ1v) is 7.06. The molecular weight excluding hydrogens is 250 g/mol. The van der Waals surface area contributed by atoms with Crippen LogP contribution in [0.1, 0.15) is 32.3 Å². The molecule has 0 radical (unpaired) electrons. The summed E-state index contributed by atoms with van der Waals surface area (Å²) >= 11 is 0. The second-order valence-corrected chi connectivity index (χ2v) is 5.57. The number of nitriles is 1. The molecule has 106 valence electrons. The van der Waals surface area contributed by atoms with Gasteiger partial charge >= 0.3 is 0 Å². The molecule has 4 nitrogen and oxygen atoms in total. The van der Waals surface area contributed by atoms with Gasteiger partial charge in [-0.2, -0.15) is 5.26 Å². The zero-order valence-corrected chi connectivity index (χ0v) is 12.3. The van der Waals surface area contributed by atoms with Gasteiger partial charge in [0.1, 0.15) is 6.07 Å². The normalized spacial score (nSPS) is 17.4. The van der Waals surface area contributed by atoms with Gasteiger partial charge in [-0.15, -0.1) is 0 Å². The summed E-state index contributed by atoms with van der Waals surface area (Å²) in [5, 5.41) is 11.9. The lowest BCUT2D eigenvalue weighted by molar-refractivity contribution is -0.121. The summed E-state index contributed by atoms with van der Waals surface area (Å²) in [5.74, 6) is 0.657. The summed E-state index contributed by atoms with van der Waals surface area (Å²) in [4.78, 5) is 14.4. The number of likely N-dealkylation sites (N-methyl/N-ethyl adjacent to an activating group) is 1. The van der Waals surface area contributed by atoms with E-state index in [1.807, 2.05) is 20.0 Å². The SMILES string of the molecule is CC(C(=O)Nc1ccccc1C#N)N(C)C(C)C1CC1. The van der Waals surface area contributed by atoms with Crippen LogP contribution in [0.25, 0.3) is 0 Å². The number of amides is 1. The fourth-order valence-corrected chi connectivity index (χ4v) is 2.38. The van der Waals surface area contributed by atoms with Crippen LogP contribution in [-0.2, 0) is 4.79 Å². The predicted molar refractivity (Wildman–Crippen MR) is 79.2 cm³/mol. The van der Waals surface area contributed by atoms with Crippen molar-refractivity contribution in [3.8, 4) is 6.07 Å². The Kier molecular flexibility index (Phi) is 4.41. The Morgan fingerprint density at radius 3 is 2.65 bits per heavy atom. The van der Waals surface area contributed by atoms with Crippen molar-refractivity contribution in [1.29, 1.82) is 5.26 Å². The maximum absolute atomic E-state index is 12.3. The Bertz CT molecular complexity index is 531. The number of carbonyl (C=O) groups excluding carboxylic acids is 1. The highest BCUT2D eigenvalue weighted by molar-refractivity contribution is 5.95. The number of hydrogen-bond donors (Lipinski definition) is 1. The first kappa shape index (κ1) is 14.5. The van der Waals surface area contributed by atoms with E-state index < -0.39 is 0 Å². The summed E-state index contributed by atoms with van der Waals surface area (Å²) < 4.78 is 0. The van der Waals surface area contributed by atoms with E-state index in [1.165, 1.54) is 12.8 Å². The fraction of sp³-hybridized carbons (Fsp3) is 0.500. The molecule has 0 saturated heterocycles. The highest BCUT2D eigenvalue weighted by Gasteiger charge is 2.33. The molecule has 1 aromatic carbocycles. The third-order valence-electron chi connectivity index (χ3n) is 4.24. The average molecular weight is 271 g/mol. The second-order valence-electron chi connectivity index (χ2n) is 5.57. The fourth-order valence-electron chi connectivity index (χ4n) is 2.38. The van der Waals surface area contributed by atoms with E-state index in [1.54, 1.807) is 18.2 Å². The number of hydrogen-bond acceptors (Lipinski definition) is 3. The van der Waals surface area contributed by atoms with Crippen molar-refractivity contribution in [1.82, 2.24) is 4.90 Å². The largest absolute Gasteiger partial charge is 0.324 e. The molecule has 2 unspecified atom stereocenters. The number of nitrogens with one attached hydrogen (secondary N) is 1. The van der Waals surface area contributed by atoms with Gasteiger partial charge in [0.05, 0.1) is 17.3 Å². The summed E-state index contributed by atoms with van der Waals surface area (Å²) in [6, 6.07) is 9.37. The lowest BCUT2D eigenvalue weighted by Crippen LogP contribution is -2.45.